The van der Waals surface area contributed by atoms with E-state index < -0.39 is 0 Å². The van der Waals surface area contributed by atoms with Gasteiger partial charge in [0.05, 0.1) is 22.1 Å². The molecule has 0 fully saturated rings. The molecule has 0 amide bonds. The second-order valence-corrected chi connectivity index (χ2v) is 16.9. The van der Waals surface area contributed by atoms with Gasteiger partial charge in [0.15, 0.2) is 0 Å². The minimum Gasteiger partial charge on any atom is -0.309 e. The van der Waals surface area contributed by atoms with Crippen LogP contribution in [0, 0.1) is 0 Å². The molecule has 0 unspecified atom stereocenters. The Bertz CT molecular complexity index is 3300. The summed E-state index contributed by atoms with van der Waals surface area (Å²) in [4.78, 5) is 0. The third kappa shape index (κ3) is 4.06. The predicted molar refractivity (Wildman–Crippen MR) is 236 cm³/mol. The van der Waals surface area contributed by atoms with E-state index in [0.29, 0.717) is 0 Å². The van der Waals surface area contributed by atoms with Crippen LogP contribution in [0.15, 0.2) is 170 Å². The molecular formula is C54H40N2. The Kier molecular flexibility index (Phi) is 6.22. The third-order valence-electron chi connectivity index (χ3n) is 13.3. The van der Waals surface area contributed by atoms with Gasteiger partial charge in [0, 0.05) is 49.3 Å². The Balaban J connectivity index is 1.06. The number of hydrogen-bond acceptors (Lipinski definition) is 0. The lowest BCUT2D eigenvalue weighted by molar-refractivity contribution is 0.660. The van der Waals surface area contributed by atoms with Crippen molar-refractivity contribution in [3.8, 4) is 44.8 Å². The van der Waals surface area contributed by atoms with E-state index in [-0.39, 0.29) is 10.8 Å². The molecule has 8 aromatic carbocycles. The van der Waals surface area contributed by atoms with Crippen LogP contribution in [0.2, 0.25) is 0 Å². The molecule has 0 bridgehead atoms. The summed E-state index contributed by atoms with van der Waals surface area (Å²) in [6.45, 7) is 9.44. The van der Waals surface area contributed by atoms with E-state index in [9.17, 15) is 0 Å². The average molecular weight is 717 g/mol. The summed E-state index contributed by atoms with van der Waals surface area (Å²) in [7, 11) is 0. The number of aromatic nitrogens is 2. The monoisotopic (exact) mass is 716 g/mol. The zero-order valence-electron chi connectivity index (χ0n) is 32.1. The molecule has 0 saturated heterocycles. The first-order valence-electron chi connectivity index (χ1n) is 19.9. The number of nitrogens with zero attached hydrogens (tertiary/aromatic N) is 2. The van der Waals surface area contributed by atoms with Gasteiger partial charge in [0.25, 0.3) is 0 Å². The molecule has 0 aliphatic heterocycles. The SMILES string of the molecule is CC1(C)c2ccccc2-c2cc(-n3c4ccccc4c4cc(-c5ccc6c(c5)c5ccc7c(c5n6-c5ccccc5)-c5ccccc5C7(C)C)ccc43)ccc21. The number of benzene rings is 8. The van der Waals surface area contributed by atoms with Gasteiger partial charge in [-0.1, -0.05) is 143 Å². The topological polar surface area (TPSA) is 9.86 Å². The predicted octanol–water partition coefficient (Wildman–Crippen LogP) is 14.2. The first-order chi connectivity index (χ1) is 27.3. The van der Waals surface area contributed by atoms with E-state index in [1.54, 1.807) is 0 Å². The summed E-state index contributed by atoms with van der Waals surface area (Å²) >= 11 is 0. The van der Waals surface area contributed by atoms with Crippen LogP contribution in [0.4, 0.5) is 0 Å². The van der Waals surface area contributed by atoms with Crippen molar-refractivity contribution >= 4 is 43.6 Å². The number of hydrogen-bond donors (Lipinski definition) is 0. The fraction of sp³-hybridized carbons (Fsp3) is 0.111. The molecule has 2 aliphatic rings. The molecule has 2 heteroatoms. The van der Waals surface area contributed by atoms with Crippen molar-refractivity contribution in [1.82, 2.24) is 9.13 Å². The Morgan fingerprint density at radius 1 is 0.339 bits per heavy atom. The number of para-hydroxylation sites is 2. The van der Waals surface area contributed by atoms with Crippen molar-refractivity contribution in [2.45, 2.75) is 38.5 Å². The van der Waals surface area contributed by atoms with Crippen LogP contribution in [-0.2, 0) is 10.8 Å². The second kappa shape index (κ2) is 11.0. The first-order valence-corrected chi connectivity index (χ1v) is 19.9. The van der Waals surface area contributed by atoms with Gasteiger partial charge < -0.3 is 9.13 Å². The molecular weight excluding hydrogens is 677 g/mol. The van der Waals surface area contributed by atoms with E-state index in [4.69, 9.17) is 0 Å². The van der Waals surface area contributed by atoms with Crippen LogP contribution in [-0.4, -0.2) is 9.13 Å². The maximum atomic E-state index is 2.50. The molecule has 2 aromatic heterocycles. The lowest BCUT2D eigenvalue weighted by Crippen LogP contribution is -2.14. The number of rotatable bonds is 3. The van der Waals surface area contributed by atoms with Gasteiger partial charge in [0.2, 0.25) is 0 Å². The van der Waals surface area contributed by atoms with Crippen molar-refractivity contribution in [1.29, 1.82) is 0 Å². The molecule has 56 heavy (non-hydrogen) atoms. The molecule has 0 saturated carbocycles. The van der Waals surface area contributed by atoms with Crippen LogP contribution in [0.5, 0.6) is 0 Å². The standard InChI is InChI=1S/C54H40N2/c1-53(2)44-19-11-8-16-37(44)41-32-36(24-26-46(41)53)55-48-21-13-10-17-38(48)42-30-33(22-28-49(42)55)34-23-29-50-43(31-34)39-25-27-47-51(40-18-9-12-20-45(40)54(47,3)4)52(39)56(50)35-14-6-5-7-15-35/h5-32H,1-4H3. The van der Waals surface area contributed by atoms with Gasteiger partial charge in [-0.2, -0.15) is 0 Å². The maximum absolute atomic E-state index is 2.50. The summed E-state index contributed by atoms with van der Waals surface area (Å²) in [6, 6.07) is 63.7. The van der Waals surface area contributed by atoms with Gasteiger partial charge >= 0.3 is 0 Å². The summed E-state index contributed by atoms with van der Waals surface area (Å²) < 4.78 is 4.96. The van der Waals surface area contributed by atoms with Crippen molar-refractivity contribution in [2.75, 3.05) is 0 Å². The van der Waals surface area contributed by atoms with Crippen molar-refractivity contribution in [3.63, 3.8) is 0 Å². The quantitative estimate of drug-likeness (QED) is 0.172. The third-order valence-corrected chi connectivity index (χ3v) is 13.3. The summed E-state index contributed by atoms with van der Waals surface area (Å²) in [5.41, 5.74) is 20.7. The molecule has 266 valence electrons. The Labute approximate surface area is 326 Å². The summed E-state index contributed by atoms with van der Waals surface area (Å²) in [5, 5.41) is 5.10. The van der Waals surface area contributed by atoms with Gasteiger partial charge in [-0.15, -0.1) is 0 Å². The van der Waals surface area contributed by atoms with Crippen LogP contribution in [0.1, 0.15) is 49.9 Å². The highest BCUT2D eigenvalue weighted by molar-refractivity contribution is 6.17. The molecule has 2 heterocycles. The Morgan fingerprint density at radius 2 is 0.893 bits per heavy atom. The van der Waals surface area contributed by atoms with Gasteiger partial charge in [-0.3, -0.25) is 0 Å². The Morgan fingerprint density at radius 3 is 1.66 bits per heavy atom. The van der Waals surface area contributed by atoms with Gasteiger partial charge in [0.1, 0.15) is 0 Å². The molecule has 0 N–H and O–H groups in total. The highest BCUT2D eigenvalue weighted by Gasteiger charge is 2.38. The van der Waals surface area contributed by atoms with E-state index in [0.717, 1.165) is 0 Å². The maximum Gasteiger partial charge on any atom is 0.0622 e. The number of fused-ring (bicyclic) bond motifs is 13. The lowest BCUT2D eigenvalue weighted by atomic mass is 9.82. The minimum atomic E-state index is -0.0707. The van der Waals surface area contributed by atoms with Crippen molar-refractivity contribution in [2.24, 2.45) is 0 Å². The largest absolute Gasteiger partial charge is 0.309 e. The highest BCUT2D eigenvalue weighted by atomic mass is 15.0. The molecule has 0 radical (unpaired) electrons. The smallest absolute Gasteiger partial charge is 0.0622 e. The van der Waals surface area contributed by atoms with E-state index in [1.807, 2.05) is 0 Å². The Hall–Kier alpha value is -6.64. The molecule has 0 atom stereocenters. The zero-order valence-corrected chi connectivity index (χ0v) is 32.1. The molecule has 12 rings (SSSR count). The summed E-state index contributed by atoms with van der Waals surface area (Å²) in [6.07, 6.45) is 0. The van der Waals surface area contributed by atoms with Crippen LogP contribution in [0.25, 0.3) is 88.4 Å². The van der Waals surface area contributed by atoms with Crippen molar-refractivity contribution in [3.05, 3.63) is 192 Å². The lowest BCUT2D eigenvalue weighted by Gasteiger charge is -2.21. The normalized spacial score (nSPS) is 14.7. The second-order valence-electron chi connectivity index (χ2n) is 16.9. The molecule has 2 nitrogen and oxygen atoms in total. The molecule has 10 aromatic rings. The molecule has 0 spiro atoms. The zero-order chi connectivity index (χ0) is 37.5. The fourth-order valence-electron chi connectivity index (χ4n) is 10.6. The van der Waals surface area contributed by atoms with Gasteiger partial charge in [-0.25, -0.2) is 0 Å². The van der Waals surface area contributed by atoms with E-state index in [2.05, 4.69) is 207 Å². The van der Waals surface area contributed by atoms with Crippen LogP contribution in [0.3, 0.4) is 0 Å². The highest BCUT2D eigenvalue weighted by Crippen LogP contribution is 2.53. The minimum absolute atomic E-state index is 0.0180. The fourth-order valence-corrected chi connectivity index (χ4v) is 10.6. The van der Waals surface area contributed by atoms with Gasteiger partial charge in [-0.05, 0) is 105 Å². The molecule has 2 aliphatic carbocycles. The van der Waals surface area contributed by atoms with Crippen LogP contribution < -0.4 is 0 Å². The van der Waals surface area contributed by atoms with E-state index >= 15 is 0 Å². The van der Waals surface area contributed by atoms with E-state index in [1.165, 1.54) is 111 Å². The average Bonchev–Trinajstić information content (AvgIpc) is 3.89. The summed E-state index contributed by atoms with van der Waals surface area (Å²) in [5.74, 6) is 0. The first kappa shape index (κ1) is 31.7. The van der Waals surface area contributed by atoms with Crippen molar-refractivity contribution < 1.29 is 0 Å². The van der Waals surface area contributed by atoms with Crippen LogP contribution >= 0.6 is 0 Å².